The summed E-state index contributed by atoms with van der Waals surface area (Å²) in [4.78, 5) is 3.91. The first-order valence-corrected chi connectivity index (χ1v) is 3.78. The van der Waals surface area contributed by atoms with Crippen molar-refractivity contribution in [2.75, 3.05) is 0 Å². The first kappa shape index (κ1) is 8.20. The summed E-state index contributed by atoms with van der Waals surface area (Å²) in [6.45, 7) is 4.09. The lowest BCUT2D eigenvalue weighted by atomic mass is 10.3. The van der Waals surface area contributed by atoms with Gasteiger partial charge in [0, 0.05) is 0 Å². The van der Waals surface area contributed by atoms with Gasteiger partial charge in [-0.1, -0.05) is 6.92 Å². The van der Waals surface area contributed by atoms with Gasteiger partial charge >= 0.3 is 0 Å². The molecule has 1 aromatic heterocycles. The SMILES string of the molecule is CCC(C)n1ncnc1CO. The van der Waals surface area contributed by atoms with Crippen molar-refractivity contribution in [1.29, 1.82) is 0 Å². The fourth-order valence-corrected chi connectivity index (χ4v) is 0.928. The van der Waals surface area contributed by atoms with E-state index in [9.17, 15) is 0 Å². The van der Waals surface area contributed by atoms with E-state index in [-0.39, 0.29) is 6.61 Å². The molecule has 4 nitrogen and oxygen atoms in total. The highest BCUT2D eigenvalue weighted by molar-refractivity contribution is 4.83. The van der Waals surface area contributed by atoms with Gasteiger partial charge < -0.3 is 5.11 Å². The molecular formula is C7H13N3O. The molecular weight excluding hydrogens is 142 g/mol. The number of rotatable bonds is 3. The summed E-state index contributed by atoms with van der Waals surface area (Å²) in [7, 11) is 0. The summed E-state index contributed by atoms with van der Waals surface area (Å²) in [6.07, 6.45) is 2.47. The molecule has 0 saturated heterocycles. The van der Waals surface area contributed by atoms with Crippen LogP contribution in [-0.2, 0) is 6.61 Å². The number of aliphatic hydroxyl groups excluding tert-OH is 1. The minimum atomic E-state index is -0.0374. The molecule has 0 aliphatic carbocycles. The van der Waals surface area contributed by atoms with Gasteiger partial charge in [-0.25, -0.2) is 9.67 Å². The summed E-state index contributed by atoms with van der Waals surface area (Å²) < 4.78 is 1.75. The number of nitrogens with zero attached hydrogens (tertiary/aromatic N) is 3. The summed E-state index contributed by atoms with van der Waals surface area (Å²) in [5.74, 6) is 0.638. The molecule has 11 heavy (non-hydrogen) atoms. The predicted octanol–water partition coefficient (Wildman–Crippen LogP) is 0.741. The predicted molar refractivity (Wildman–Crippen MR) is 40.9 cm³/mol. The van der Waals surface area contributed by atoms with Crippen LogP contribution in [0.4, 0.5) is 0 Å². The van der Waals surface area contributed by atoms with E-state index in [1.54, 1.807) is 4.68 Å². The van der Waals surface area contributed by atoms with E-state index in [0.717, 1.165) is 6.42 Å². The maximum Gasteiger partial charge on any atom is 0.152 e. The zero-order valence-electron chi connectivity index (χ0n) is 6.86. The van der Waals surface area contributed by atoms with Crippen LogP contribution in [-0.4, -0.2) is 19.9 Å². The quantitative estimate of drug-likeness (QED) is 0.700. The molecule has 0 fully saturated rings. The number of hydrogen-bond acceptors (Lipinski definition) is 3. The molecule has 4 heteroatoms. The van der Waals surface area contributed by atoms with Crippen LogP contribution < -0.4 is 0 Å². The lowest BCUT2D eigenvalue weighted by molar-refractivity contribution is 0.256. The molecule has 0 saturated carbocycles. The van der Waals surface area contributed by atoms with Crippen molar-refractivity contribution in [3.8, 4) is 0 Å². The molecule has 0 bridgehead atoms. The summed E-state index contributed by atoms with van der Waals surface area (Å²) in [6, 6.07) is 0.319. The first-order chi connectivity index (χ1) is 5.29. The van der Waals surface area contributed by atoms with Gasteiger partial charge in [0.2, 0.25) is 0 Å². The van der Waals surface area contributed by atoms with Crippen molar-refractivity contribution in [1.82, 2.24) is 14.8 Å². The molecule has 1 unspecified atom stereocenters. The van der Waals surface area contributed by atoms with Gasteiger partial charge in [0.05, 0.1) is 6.04 Å². The van der Waals surface area contributed by atoms with Crippen molar-refractivity contribution in [3.63, 3.8) is 0 Å². The zero-order chi connectivity index (χ0) is 8.27. The second kappa shape index (κ2) is 3.48. The molecule has 0 radical (unpaired) electrons. The Kier molecular flexibility index (Phi) is 2.59. The molecule has 0 aromatic carbocycles. The van der Waals surface area contributed by atoms with Gasteiger partial charge in [-0.2, -0.15) is 5.10 Å². The molecule has 1 N–H and O–H groups in total. The van der Waals surface area contributed by atoms with E-state index in [0.29, 0.717) is 11.9 Å². The third-order valence-electron chi connectivity index (χ3n) is 1.80. The van der Waals surface area contributed by atoms with Gasteiger partial charge in [0.25, 0.3) is 0 Å². The fraction of sp³-hybridized carbons (Fsp3) is 0.714. The number of hydrogen-bond donors (Lipinski definition) is 1. The van der Waals surface area contributed by atoms with Gasteiger partial charge in [0.1, 0.15) is 12.9 Å². The highest BCUT2D eigenvalue weighted by Crippen LogP contribution is 2.09. The van der Waals surface area contributed by atoms with Crippen molar-refractivity contribution >= 4 is 0 Å². The van der Waals surface area contributed by atoms with E-state index >= 15 is 0 Å². The summed E-state index contributed by atoms with van der Waals surface area (Å²) >= 11 is 0. The normalized spacial score (nSPS) is 13.4. The Labute approximate surface area is 65.9 Å². The first-order valence-electron chi connectivity index (χ1n) is 3.78. The molecule has 0 spiro atoms. The van der Waals surface area contributed by atoms with Crippen LogP contribution in [0, 0.1) is 0 Å². The van der Waals surface area contributed by atoms with Crippen LogP contribution in [0.2, 0.25) is 0 Å². The molecule has 0 aliphatic heterocycles. The fourth-order valence-electron chi connectivity index (χ4n) is 0.928. The molecule has 0 amide bonds. The number of aromatic nitrogens is 3. The molecule has 1 heterocycles. The highest BCUT2D eigenvalue weighted by atomic mass is 16.3. The van der Waals surface area contributed by atoms with Crippen molar-refractivity contribution < 1.29 is 5.11 Å². The standard InChI is InChI=1S/C7H13N3O/c1-3-6(2)10-7(4-11)8-5-9-10/h5-6,11H,3-4H2,1-2H3. The van der Waals surface area contributed by atoms with Gasteiger partial charge in [-0.3, -0.25) is 0 Å². The molecule has 0 aliphatic rings. The Bertz CT molecular complexity index is 221. The maximum absolute atomic E-state index is 8.83. The molecule has 1 atom stereocenters. The Morgan fingerprint density at radius 2 is 2.45 bits per heavy atom. The average molecular weight is 155 g/mol. The topological polar surface area (TPSA) is 50.9 Å². The largest absolute Gasteiger partial charge is 0.388 e. The maximum atomic E-state index is 8.83. The van der Waals surface area contributed by atoms with E-state index in [1.165, 1.54) is 6.33 Å². The van der Waals surface area contributed by atoms with Gasteiger partial charge in [0.15, 0.2) is 5.82 Å². The molecule has 1 rings (SSSR count). The monoisotopic (exact) mass is 155 g/mol. The van der Waals surface area contributed by atoms with E-state index in [4.69, 9.17) is 5.11 Å². The summed E-state index contributed by atoms with van der Waals surface area (Å²) in [5, 5.41) is 12.8. The van der Waals surface area contributed by atoms with E-state index in [2.05, 4.69) is 17.0 Å². The van der Waals surface area contributed by atoms with E-state index in [1.807, 2.05) is 6.92 Å². The lowest BCUT2D eigenvalue weighted by Gasteiger charge is -2.10. The van der Waals surface area contributed by atoms with Crippen LogP contribution in [0.5, 0.6) is 0 Å². The van der Waals surface area contributed by atoms with Crippen LogP contribution in [0.1, 0.15) is 32.1 Å². The third kappa shape index (κ3) is 1.57. The van der Waals surface area contributed by atoms with Crippen molar-refractivity contribution in [2.24, 2.45) is 0 Å². The zero-order valence-corrected chi connectivity index (χ0v) is 6.86. The van der Waals surface area contributed by atoms with Crippen LogP contribution in [0.3, 0.4) is 0 Å². The number of aliphatic hydroxyl groups is 1. The Hall–Kier alpha value is -0.900. The Morgan fingerprint density at radius 1 is 1.73 bits per heavy atom. The second-order valence-electron chi connectivity index (χ2n) is 2.54. The average Bonchev–Trinajstić information content (AvgIpc) is 2.50. The van der Waals surface area contributed by atoms with Gasteiger partial charge in [-0.05, 0) is 13.3 Å². The highest BCUT2D eigenvalue weighted by Gasteiger charge is 2.07. The Morgan fingerprint density at radius 3 is 3.00 bits per heavy atom. The van der Waals surface area contributed by atoms with Crippen LogP contribution >= 0.6 is 0 Å². The Balaban J connectivity index is 2.83. The van der Waals surface area contributed by atoms with Crippen LogP contribution in [0.25, 0.3) is 0 Å². The molecule has 62 valence electrons. The lowest BCUT2D eigenvalue weighted by Crippen LogP contribution is -2.10. The third-order valence-corrected chi connectivity index (χ3v) is 1.80. The smallest absolute Gasteiger partial charge is 0.152 e. The van der Waals surface area contributed by atoms with Crippen molar-refractivity contribution in [3.05, 3.63) is 12.2 Å². The second-order valence-corrected chi connectivity index (χ2v) is 2.54. The molecule has 1 aromatic rings. The van der Waals surface area contributed by atoms with Crippen LogP contribution in [0.15, 0.2) is 6.33 Å². The van der Waals surface area contributed by atoms with Crippen molar-refractivity contribution in [2.45, 2.75) is 32.9 Å². The van der Waals surface area contributed by atoms with E-state index < -0.39 is 0 Å². The summed E-state index contributed by atoms with van der Waals surface area (Å²) in [5.41, 5.74) is 0. The van der Waals surface area contributed by atoms with Gasteiger partial charge in [-0.15, -0.1) is 0 Å². The minimum absolute atomic E-state index is 0.0374. The minimum Gasteiger partial charge on any atom is -0.388 e.